The maximum atomic E-state index is 3.43. The highest BCUT2D eigenvalue weighted by molar-refractivity contribution is 7.99. The number of nitrogens with zero attached hydrogens (tertiary/aromatic N) is 1. The Morgan fingerprint density at radius 3 is 3.00 bits per heavy atom. The highest BCUT2D eigenvalue weighted by Gasteiger charge is 2.09. The van der Waals surface area contributed by atoms with Gasteiger partial charge in [-0.15, -0.1) is 0 Å². The third-order valence-corrected chi connectivity index (χ3v) is 3.73. The minimum Gasteiger partial charge on any atom is -0.315 e. The summed E-state index contributed by atoms with van der Waals surface area (Å²) in [4.78, 5) is 2.59. The van der Waals surface area contributed by atoms with Crippen molar-refractivity contribution in [2.75, 3.05) is 39.0 Å². The van der Waals surface area contributed by atoms with Crippen molar-refractivity contribution >= 4 is 11.8 Å². The van der Waals surface area contributed by atoms with E-state index in [2.05, 4.69) is 23.4 Å². The van der Waals surface area contributed by atoms with Gasteiger partial charge in [0, 0.05) is 18.3 Å². The van der Waals surface area contributed by atoms with Crippen molar-refractivity contribution in [3.8, 4) is 0 Å². The Labute approximate surface area is 86.5 Å². The molecule has 1 unspecified atom stereocenters. The van der Waals surface area contributed by atoms with Crippen LogP contribution in [0.4, 0.5) is 0 Å². The van der Waals surface area contributed by atoms with Gasteiger partial charge in [-0.3, -0.25) is 0 Å². The summed E-state index contributed by atoms with van der Waals surface area (Å²) in [5.41, 5.74) is 0. The molecule has 78 valence electrons. The predicted octanol–water partition coefficient (Wildman–Crippen LogP) is 1.42. The van der Waals surface area contributed by atoms with E-state index in [1.54, 1.807) is 0 Å². The fraction of sp³-hybridized carbons (Fsp3) is 1.00. The molecule has 1 heterocycles. The molecule has 13 heavy (non-hydrogen) atoms. The molecule has 1 atom stereocenters. The van der Waals surface area contributed by atoms with E-state index >= 15 is 0 Å². The van der Waals surface area contributed by atoms with E-state index < -0.39 is 0 Å². The van der Waals surface area contributed by atoms with Crippen molar-refractivity contribution in [1.82, 2.24) is 10.2 Å². The van der Waals surface area contributed by atoms with Gasteiger partial charge in [0.2, 0.25) is 0 Å². The fourth-order valence-corrected chi connectivity index (χ4v) is 1.95. The Balaban J connectivity index is 2.11. The van der Waals surface area contributed by atoms with Crippen molar-refractivity contribution in [1.29, 1.82) is 0 Å². The summed E-state index contributed by atoms with van der Waals surface area (Å²) in [7, 11) is 0. The van der Waals surface area contributed by atoms with Crippen LogP contribution >= 0.6 is 11.8 Å². The van der Waals surface area contributed by atoms with Gasteiger partial charge in [0.1, 0.15) is 0 Å². The van der Waals surface area contributed by atoms with Gasteiger partial charge in [-0.25, -0.2) is 0 Å². The Morgan fingerprint density at radius 1 is 1.38 bits per heavy atom. The average molecular weight is 202 g/mol. The fourth-order valence-electron chi connectivity index (χ4n) is 1.61. The standard InChI is InChI=1S/C10H22N2S/c1-10(13-2)4-8-12-7-3-5-11-6-9-12/h10-11H,3-9H2,1-2H3. The van der Waals surface area contributed by atoms with Gasteiger partial charge in [0.15, 0.2) is 0 Å². The van der Waals surface area contributed by atoms with Crippen LogP contribution in [0.5, 0.6) is 0 Å². The maximum absolute atomic E-state index is 3.43. The van der Waals surface area contributed by atoms with Crippen LogP contribution in [0.2, 0.25) is 0 Å². The molecule has 0 aromatic heterocycles. The molecule has 0 aromatic rings. The molecular weight excluding hydrogens is 180 g/mol. The SMILES string of the molecule is CSC(C)CCN1CCCNCC1. The Morgan fingerprint density at radius 2 is 2.23 bits per heavy atom. The van der Waals surface area contributed by atoms with Crippen LogP contribution < -0.4 is 5.32 Å². The number of hydrogen-bond acceptors (Lipinski definition) is 3. The molecule has 1 rings (SSSR count). The quantitative estimate of drug-likeness (QED) is 0.742. The lowest BCUT2D eigenvalue weighted by Gasteiger charge is -2.20. The molecule has 2 nitrogen and oxygen atoms in total. The Kier molecular flexibility index (Phi) is 5.83. The van der Waals surface area contributed by atoms with Crippen LogP contribution in [0.25, 0.3) is 0 Å². The van der Waals surface area contributed by atoms with Crippen LogP contribution in [0.15, 0.2) is 0 Å². The molecule has 1 aliphatic heterocycles. The predicted molar refractivity (Wildman–Crippen MR) is 61.5 cm³/mol. The van der Waals surface area contributed by atoms with Gasteiger partial charge in [-0.1, -0.05) is 6.92 Å². The minimum atomic E-state index is 0.816. The van der Waals surface area contributed by atoms with E-state index in [1.807, 2.05) is 11.8 Å². The molecule has 0 aliphatic carbocycles. The molecular formula is C10H22N2S. The molecule has 1 N–H and O–H groups in total. The van der Waals surface area contributed by atoms with Gasteiger partial charge in [-0.05, 0) is 38.7 Å². The molecule has 0 aromatic carbocycles. The normalized spacial score (nSPS) is 22.6. The summed E-state index contributed by atoms with van der Waals surface area (Å²) >= 11 is 1.98. The molecule has 0 amide bonds. The third kappa shape index (κ3) is 4.89. The number of thioether (sulfide) groups is 1. The second-order valence-corrected chi connectivity index (χ2v) is 5.06. The first-order valence-electron chi connectivity index (χ1n) is 5.29. The largest absolute Gasteiger partial charge is 0.315 e. The van der Waals surface area contributed by atoms with Gasteiger partial charge < -0.3 is 10.2 Å². The second kappa shape index (κ2) is 6.68. The number of nitrogens with one attached hydrogen (secondary N) is 1. The van der Waals surface area contributed by atoms with Gasteiger partial charge >= 0.3 is 0 Å². The molecule has 1 saturated heterocycles. The van der Waals surface area contributed by atoms with Crippen LogP contribution in [-0.2, 0) is 0 Å². The summed E-state index contributed by atoms with van der Waals surface area (Å²) in [6, 6.07) is 0. The average Bonchev–Trinajstić information content (AvgIpc) is 2.42. The highest BCUT2D eigenvalue weighted by Crippen LogP contribution is 2.10. The first-order chi connectivity index (χ1) is 6.33. The minimum absolute atomic E-state index is 0.816. The molecule has 0 saturated carbocycles. The van der Waals surface area contributed by atoms with Crippen LogP contribution in [0.3, 0.4) is 0 Å². The Hall–Kier alpha value is 0.270. The zero-order valence-corrected chi connectivity index (χ0v) is 9.70. The van der Waals surface area contributed by atoms with E-state index in [9.17, 15) is 0 Å². The molecule has 3 heteroatoms. The van der Waals surface area contributed by atoms with E-state index in [0.29, 0.717) is 0 Å². The highest BCUT2D eigenvalue weighted by atomic mass is 32.2. The number of rotatable bonds is 4. The van der Waals surface area contributed by atoms with Crippen molar-refractivity contribution in [3.05, 3.63) is 0 Å². The lowest BCUT2D eigenvalue weighted by atomic mass is 10.3. The van der Waals surface area contributed by atoms with Crippen molar-refractivity contribution < 1.29 is 0 Å². The van der Waals surface area contributed by atoms with Crippen LogP contribution in [0, 0.1) is 0 Å². The van der Waals surface area contributed by atoms with Crippen molar-refractivity contribution in [3.63, 3.8) is 0 Å². The molecule has 0 spiro atoms. The summed E-state index contributed by atoms with van der Waals surface area (Å²) < 4.78 is 0. The zero-order valence-electron chi connectivity index (χ0n) is 8.88. The summed E-state index contributed by atoms with van der Waals surface area (Å²) in [5.74, 6) is 0. The van der Waals surface area contributed by atoms with E-state index in [1.165, 1.54) is 45.6 Å². The summed E-state index contributed by atoms with van der Waals surface area (Å²) in [6.07, 6.45) is 4.85. The van der Waals surface area contributed by atoms with Crippen molar-refractivity contribution in [2.45, 2.75) is 25.0 Å². The first-order valence-corrected chi connectivity index (χ1v) is 6.57. The van der Waals surface area contributed by atoms with E-state index in [4.69, 9.17) is 0 Å². The summed E-state index contributed by atoms with van der Waals surface area (Å²) in [6.45, 7) is 8.50. The van der Waals surface area contributed by atoms with Gasteiger partial charge in [0.05, 0.1) is 0 Å². The third-order valence-electron chi connectivity index (χ3n) is 2.69. The smallest absolute Gasteiger partial charge is 0.0107 e. The monoisotopic (exact) mass is 202 g/mol. The zero-order chi connectivity index (χ0) is 9.52. The van der Waals surface area contributed by atoms with Crippen molar-refractivity contribution in [2.24, 2.45) is 0 Å². The molecule has 1 aliphatic rings. The molecule has 0 radical (unpaired) electrons. The second-order valence-electron chi connectivity index (χ2n) is 3.78. The van der Waals surface area contributed by atoms with Crippen LogP contribution in [-0.4, -0.2) is 49.1 Å². The van der Waals surface area contributed by atoms with Gasteiger partial charge in [0.25, 0.3) is 0 Å². The number of hydrogen-bond donors (Lipinski definition) is 1. The van der Waals surface area contributed by atoms with E-state index in [0.717, 1.165) is 5.25 Å². The Bertz CT molecular complexity index is 122. The lowest BCUT2D eigenvalue weighted by Crippen LogP contribution is -2.30. The molecule has 0 bridgehead atoms. The van der Waals surface area contributed by atoms with Gasteiger partial charge in [-0.2, -0.15) is 11.8 Å². The summed E-state index contributed by atoms with van der Waals surface area (Å²) in [5, 5.41) is 4.25. The maximum Gasteiger partial charge on any atom is 0.0107 e. The topological polar surface area (TPSA) is 15.3 Å². The molecule has 1 fully saturated rings. The van der Waals surface area contributed by atoms with E-state index in [-0.39, 0.29) is 0 Å². The first kappa shape index (κ1) is 11.3. The van der Waals surface area contributed by atoms with Crippen LogP contribution in [0.1, 0.15) is 19.8 Å². The lowest BCUT2D eigenvalue weighted by molar-refractivity contribution is 0.289.